The summed E-state index contributed by atoms with van der Waals surface area (Å²) in [7, 11) is -3.59. The van der Waals surface area contributed by atoms with E-state index < -0.39 is 15.6 Å². The number of nitrogens with one attached hydrogen (secondary N) is 1. The zero-order chi connectivity index (χ0) is 21.8. The number of amides is 1. The van der Waals surface area contributed by atoms with E-state index in [9.17, 15) is 13.2 Å². The summed E-state index contributed by atoms with van der Waals surface area (Å²) in [4.78, 5) is 13.0. The first-order valence-corrected chi connectivity index (χ1v) is 11.9. The average Bonchev–Trinajstić information content (AvgIpc) is 3.00. The van der Waals surface area contributed by atoms with Crippen LogP contribution in [0.15, 0.2) is 53.4 Å². The van der Waals surface area contributed by atoms with Crippen molar-refractivity contribution >= 4 is 33.2 Å². The Morgan fingerprint density at radius 3 is 2.30 bits per heavy atom. The van der Waals surface area contributed by atoms with Gasteiger partial charge in [0.05, 0.1) is 4.90 Å². The minimum absolute atomic E-state index is 0.179. The number of benzene rings is 2. The summed E-state index contributed by atoms with van der Waals surface area (Å²) in [6.45, 7) is 4.35. The summed E-state index contributed by atoms with van der Waals surface area (Å²) in [6, 6.07) is 13.1. The Morgan fingerprint density at radius 1 is 1.03 bits per heavy atom. The number of carbonyl (C=O) groups is 1. The number of ether oxygens (including phenoxy) is 1. The largest absolute Gasteiger partial charge is 0.478 e. The molecule has 0 saturated carbocycles. The molecule has 0 spiro atoms. The number of carbonyl (C=O) groups excluding carboxylic acids is 1. The van der Waals surface area contributed by atoms with Gasteiger partial charge in [0.1, 0.15) is 5.75 Å². The Labute approximate surface area is 183 Å². The Hall–Kier alpha value is -2.09. The molecule has 1 fully saturated rings. The van der Waals surface area contributed by atoms with E-state index in [0.717, 1.165) is 25.7 Å². The van der Waals surface area contributed by atoms with Crippen molar-refractivity contribution in [1.82, 2.24) is 4.31 Å². The van der Waals surface area contributed by atoms with Gasteiger partial charge in [-0.15, -0.1) is 0 Å². The lowest BCUT2D eigenvalue weighted by atomic mass is 10.1. The molecule has 2 aromatic rings. The third-order valence-electron chi connectivity index (χ3n) is 5.03. The van der Waals surface area contributed by atoms with Gasteiger partial charge in [-0.3, -0.25) is 4.79 Å². The number of halogens is 1. The number of anilines is 1. The van der Waals surface area contributed by atoms with Gasteiger partial charge >= 0.3 is 0 Å². The van der Waals surface area contributed by atoms with Crippen LogP contribution in [0.2, 0.25) is 5.02 Å². The maximum absolute atomic E-state index is 13.0. The second-order valence-electron chi connectivity index (χ2n) is 7.87. The zero-order valence-electron chi connectivity index (χ0n) is 17.2. The third kappa shape index (κ3) is 5.53. The highest BCUT2D eigenvalue weighted by molar-refractivity contribution is 7.89. The molecule has 1 aliphatic rings. The molecule has 1 aliphatic heterocycles. The monoisotopic (exact) mass is 450 g/mol. The minimum Gasteiger partial charge on any atom is -0.478 e. The maximum atomic E-state index is 13.0. The molecule has 1 heterocycles. The van der Waals surface area contributed by atoms with Gasteiger partial charge in [0.2, 0.25) is 10.0 Å². The Balaban J connectivity index is 1.73. The quantitative estimate of drug-likeness (QED) is 0.692. The topological polar surface area (TPSA) is 75.7 Å². The molecule has 0 bridgehead atoms. The van der Waals surface area contributed by atoms with Gasteiger partial charge in [0.25, 0.3) is 5.91 Å². The molecule has 1 amide bonds. The smallest absolute Gasteiger partial charge is 0.267 e. The fourth-order valence-electron chi connectivity index (χ4n) is 3.29. The highest BCUT2D eigenvalue weighted by Gasteiger charge is 2.31. The van der Waals surface area contributed by atoms with Gasteiger partial charge in [0, 0.05) is 23.8 Å². The summed E-state index contributed by atoms with van der Waals surface area (Å²) < 4.78 is 33.4. The predicted octanol–water partition coefficient (Wildman–Crippen LogP) is 4.70. The molecule has 3 rings (SSSR count). The van der Waals surface area contributed by atoms with Gasteiger partial charge in [-0.25, -0.2) is 8.42 Å². The molecular weight excluding hydrogens is 424 g/mol. The number of rotatable bonds is 6. The first-order chi connectivity index (χ1) is 14.2. The minimum atomic E-state index is -3.59. The highest BCUT2D eigenvalue weighted by Crippen LogP contribution is 2.25. The van der Waals surface area contributed by atoms with E-state index in [1.807, 2.05) is 0 Å². The van der Waals surface area contributed by atoms with Crippen molar-refractivity contribution in [3.05, 3.63) is 53.6 Å². The fourth-order valence-corrected chi connectivity index (χ4v) is 4.98. The van der Waals surface area contributed by atoms with E-state index >= 15 is 0 Å². The van der Waals surface area contributed by atoms with Crippen LogP contribution >= 0.6 is 11.6 Å². The Kier molecular flexibility index (Phi) is 7.06. The fraction of sp³-hybridized carbons (Fsp3) is 0.409. The first-order valence-electron chi connectivity index (χ1n) is 10.0. The molecule has 0 radical (unpaired) electrons. The molecule has 2 aromatic carbocycles. The van der Waals surface area contributed by atoms with Crippen molar-refractivity contribution in [2.24, 2.45) is 0 Å². The van der Waals surface area contributed by atoms with Crippen molar-refractivity contribution in [1.29, 1.82) is 0 Å². The molecular formula is C22H27ClN2O4S. The van der Waals surface area contributed by atoms with Crippen molar-refractivity contribution in [3.63, 3.8) is 0 Å². The van der Waals surface area contributed by atoms with Crippen LogP contribution < -0.4 is 10.1 Å². The second-order valence-corrected chi connectivity index (χ2v) is 10.2. The van der Waals surface area contributed by atoms with Crippen LogP contribution in [0.1, 0.15) is 39.5 Å². The molecule has 162 valence electrons. The summed E-state index contributed by atoms with van der Waals surface area (Å²) >= 11 is 5.88. The number of nitrogens with zero attached hydrogens (tertiary/aromatic N) is 1. The zero-order valence-corrected chi connectivity index (χ0v) is 18.8. The molecule has 8 heteroatoms. The van der Waals surface area contributed by atoms with Crippen LogP contribution in [-0.2, 0) is 14.8 Å². The van der Waals surface area contributed by atoms with Gasteiger partial charge in [-0.05, 0) is 69.2 Å². The van der Waals surface area contributed by atoms with Crippen LogP contribution in [0.5, 0.6) is 5.75 Å². The molecule has 0 aliphatic carbocycles. The molecule has 1 saturated heterocycles. The van der Waals surface area contributed by atoms with Crippen LogP contribution in [0.4, 0.5) is 5.69 Å². The van der Waals surface area contributed by atoms with Gasteiger partial charge in [-0.1, -0.05) is 30.5 Å². The van der Waals surface area contributed by atoms with Gasteiger partial charge < -0.3 is 10.1 Å². The van der Waals surface area contributed by atoms with Gasteiger partial charge in [0.15, 0.2) is 5.60 Å². The van der Waals surface area contributed by atoms with Crippen LogP contribution in [0, 0.1) is 0 Å². The summed E-state index contributed by atoms with van der Waals surface area (Å²) in [5.74, 6) is 0.124. The summed E-state index contributed by atoms with van der Waals surface area (Å²) in [5.41, 5.74) is -0.767. The van der Waals surface area contributed by atoms with Crippen molar-refractivity contribution < 1.29 is 17.9 Å². The number of hydrogen-bond acceptors (Lipinski definition) is 4. The van der Waals surface area contributed by atoms with Crippen LogP contribution in [0.3, 0.4) is 0 Å². The lowest BCUT2D eigenvalue weighted by molar-refractivity contribution is -0.128. The van der Waals surface area contributed by atoms with Crippen LogP contribution in [-0.4, -0.2) is 37.3 Å². The van der Waals surface area contributed by atoms with Crippen molar-refractivity contribution in [2.75, 3.05) is 18.4 Å². The van der Waals surface area contributed by atoms with E-state index in [1.165, 1.54) is 10.4 Å². The molecule has 1 N–H and O–H groups in total. The van der Waals surface area contributed by atoms with E-state index in [-0.39, 0.29) is 10.8 Å². The molecule has 0 unspecified atom stereocenters. The number of sulfonamides is 1. The second kappa shape index (κ2) is 9.37. The highest BCUT2D eigenvalue weighted by atomic mass is 35.5. The van der Waals surface area contributed by atoms with Gasteiger partial charge in [-0.2, -0.15) is 4.31 Å². The molecule has 0 atom stereocenters. The average molecular weight is 451 g/mol. The number of hydrogen-bond donors (Lipinski definition) is 1. The van der Waals surface area contributed by atoms with E-state index in [0.29, 0.717) is 29.5 Å². The third-order valence-corrected chi connectivity index (χ3v) is 7.17. The maximum Gasteiger partial charge on any atom is 0.267 e. The Bertz CT molecular complexity index is 982. The predicted molar refractivity (Wildman–Crippen MR) is 118 cm³/mol. The molecule has 0 aromatic heterocycles. The summed E-state index contributed by atoms with van der Waals surface area (Å²) in [6.07, 6.45) is 3.83. The van der Waals surface area contributed by atoms with Crippen molar-refractivity contribution in [2.45, 2.75) is 50.0 Å². The van der Waals surface area contributed by atoms with E-state index in [4.69, 9.17) is 16.3 Å². The Morgan fingerprint density at radius 2 is 1.67 bits per heavy atom. The normalized spacial score (nSPS) is 16.0. The van der Waals surface area contributed by atoms with E-state index in [1.54, 1.807) is 56.3 Å². The van der Waals surface area contributed by atoms with Crippen LogP contribution in [0.25, 0.3) is 0 Å². The SMILES string of the molecule is CC(C)(Oc1ccc(Cl)cc1)C(=O)Nc1cccc(S(=O)(=O)N2CCCCCC2)c1. The molecule has 6 nitrogen and oxygen atoms in total. The lowest BCUT2D eigenvalue weighted by Gasteiger charge is -2.25. The summed E-state index contributed by atoms with van der Waals surface area (Å²) in [5, 5.41) is 3.34. The van der Waals surface area contributed by atoms with E-state index in [2.05, 4.69) is 5.32 Å². The first kappa shape index (κ1) is 22.6. The van der Waals surface area contributed by atoms with Crippen molar-refractivity contribution in [3.8, 4) is 5.75 Å². The molecule has 30 heavy (non-hydrogen) atoms. The lowest BCUT2D eigenvalue weighted by Crippen LogP contribution is -2.42. The standard InChI is InChI=1S/C22H27ClN2O4S/c1-22(2,29-19-12-10-17(23)11-13-19)21(26)24-18-8-7-9-20(16-18)30(27,28)25-14-5-3-4-6-15-25/h7-13,16H,3-6,14-15H2,1-2H3,(H,24,26).